The van der Waals surface area contributed by atoms with Crippen molar-refractivity contribution >= 4 is 34.0 Å². The van der Waals surface area contributed by atoms with Crippen molar-refractivity contribution in [3.05, 3.63) is 34.7 Å². The molecule has 1 heterocycles. The normalized spacial score (nSPS) is 10.5. The van der Waals surface area contributed by atoms with Crippen LogP contribution >= 0.6 is 22.9 Å². The van der Waals surface area contributed by atoms with Crippen LogP contribution in [0.25, 0.3) is 11.3 Å². The van der Waals surface area contributed by atoms with Crippen LogP contribution in [-0.4, -0.2) is 17.4 Å². The lowest BCUT2D eigenvalue weighted by Gasteiger charge is -2.16. The van der Waals surface area contributed by atoms with Gasteiger partial charge in [0.1, 0.15) is 0 Å². The van der Waals surface area contributed by atoms with Gasteiger partial charge in [-0.1, -0.05) is 30.7 Å². The van der Waals surface area contributed by atoms with Gasteiger partial charge in [-0.15, -0.1) is 11.3 Å². The summed E-state index contributed by atoms with van der Waals surface area (Å²) in [7, 11) is 0. The molecule has 0 aliphatic rings. The summed E-state index contributed by atoms with van der Waals surface area (Å²) < 4.78 is 0. The molecular weight excluding hydrogens is 280 g/mol. The third kappa shape index (κ3) is 3.14. The van der Waals surface area contributed by atoms with Gasteiger partial charge >= 0.3 is 0 Å². The van der Waals surface area contributed by atoms with Gasteiger partial charge < -0.3 is 0 Å². The molecule has 0 aliphatic carbocycles. The van der Waals surface area contributed by atoms with E-state index in [2.05, 4.69) is 4.98 Å². The third-order valence-electron chi connectivity index (χ3n) is 2.78. The predicted molar refractivity (Wildman–Crippen MR) is 80.9 cm³/mol. The Kier molecular flexibility index (Phi) is 4.56. The highest BCUT2D eigenvalue weighted by atomic mass is 35.5. The highest BCUT2D eigenvalue weighted by Crippen LogP contribution is 2.28. The summed E-state index contributed by atoms with van der Waals surface area (Å²) in [4.78, 5) is 18.1. The van der Waals surface area contributed by atoms with Gasteiger partial charge in [0.15, 0.2) is 5.13 Å². The molecule has 0 fully saturated rings. The Balaban J connectivity index is 2.27. The largest absolute Gasteiger partial charge is 0.288 e. The Bertz CT molecular complexity index is 565. The van der Waals surface area contributed by atoms with Gasteiger partial charge in [0.05, 0.1) is 5.69 Å². The average Bonchev–Trinajstić information content (AvgIpc) is 2.89. The number of rotatable bonds is 4. The number of benzene rings is 1. The molecule has 0 saturated carbocycles. The topological polar surface area (TPSA) is 33.2 Å². The summed E-state index contributed by atoms with van der Waals surface area (Å²) in [5, 5.41) is 3.42. The van der Waals surface area contributed by atoms with Crippen LogP contribution in [0.4, 0.5) is 5.13 Å². The van der Waals surface area contributed by atoms with E-state index in [1.807, 2.05) is 43.5 Å². The maximum Gasteiger partial charge on any atom is 0.228 e. The Morgan fingerprint density at radius 2 is 2.00 bits per heavy atom. The lowest BCUT2D eigenvalue weighted by Crippen LogP contribution is -2.29. The van der Waals surface area contributed by atoms with Crippen molar-refractivity contribution in [2.45, 2.75) is 20.3 Å². The SMILES string of the molecule is CCC(=O)N(CC)c1nc(-c2ccc(Cl)cc2)cs1. The molecule has 5 heteroatoms. The van der Waals surface area contributed by atoms with E-state index in [9.17, 15) is 4.79 Å². The lowest BCUT2D eigenvalue weighted by atomic mass is 10.2. The van der Waals surface area contributed by atoms with Gasteiger partial charge in [-0.3, -0.25) is 9.69 Å². The molecule has 2 aromatic rings. The summed E-state index contributed by atoms with van der Waals surface area (Å²) >= 11 is 7.35. The second-order valence-corrected chi connectivity index (χ2v) is 5.29. The van der Waals surface area contributed by atoms with E-state index in [4.69, 9.17) is 11.6 Å². The standard InChI is InChI=1S/C14H15ClN2OS/c1-3-13(18)17(4-2)14-16-12(9-19-14)10-5-7-11(15)8-6-10/h5-9H,3-4H2,1-2H3. The van der Waals surface area contributed by atoms with Crippen molar-refractivity contribution < 1.29 is 4.79 Å². The zero-order valence-corrected chi connectivity index (χ0v) is 12.5. The fourth-order valence-corrected chi connectivity index (χ4v) is 2.79. The van der Waals surface area contributed by atoms with Crippen LogP contribution in [0.3, 0.4) is 0 Å². The summed E-state index contributed by atoms with van der Waals surface area (Å²) in [6.45, 7) is 4.45. The van der Waals surface area contributed by atoms with Crippen LogP contribution in [0, 0.1) is 0 Å². The Hall–Kier alpha value is -1.39. The number of carbonyl (C=O) groups excluding carboxylic acids is 1. The molecule has 2 rings (SSSR count). The summed E-state index contributed by atoms with van der Waals surface area (Å²) in [5.74, 6) is 0.0968. The second kappa shape index (κ2) is 6.17. The highest BCUT2D eigenvalue weighted by Gasteiger charge is 2.15. The minimum atomic E-state index is 0.0968. The first kappa shape index (κ1) is 14.0. The van der Waals surface area contributed by atoms with E-state index in [-0.39, 0.29) is 5.91 Å². The molecule has 0 aliphatic heterocycles. The molecule has 0 unspecified atom stereocenters. The second-order valence-electron chi connectivity index (χ2n) is 4.01. The van der Waals surface area contributed by atoms with Crippen LogP contribution < -0.4 is 4.90 Å². The summed E-state index contributed by atoms with van der Waals surface area (Å²) in [6.07, 6.45) is 0.490. The molecule has 0 N–H and O–H groups in total. The smallest absolute Gasteiger partial charge is 0.228 e. The van der Waals surface area contributed by atoms with Gasteiger partial charge in [0.25, 0.3) is 0 Å². The number of nitrogens with zero attached hydrogens (tertiary/aromatic N) is 2. The van der Waals surface area contributed by atoms with Crippen LogP contribution in [-0.2, 0) is 4.79 Å². The molecule has 3 nitrogen and oxygen atoms in total. The number of halogens is 1. The molecule has 1 aromatic carbocycles. The molecule has 100 valence electrons. The number of anilines is 1. The summed E-state index contributed by atoms with van der Waals surface area (Å²) in [6, 6.07) is 7.54. The van der Waals surface area contributed by atoms with Crippen molar-refractivity contribution in [2.75, 3.05) is 11.4 Å². The lowest BCUT2D eigenvalue weighted by molar-refractivity contribution is -0.118. The van der Waals surface area contributed by atoms with Crippen molar-refractivity contribution in [3.63, 3.8) is 0 Å². The van der Waals surface area contributed by atoms with Gasteiger partial charge in [-0.25, -0.2) is 4.98 Å². The number of hydrogen-bond donors (Lipinski definition) is 0. The number of amides is 1. The molecule has 1 amide bonds. The van der Waals surface area contributed by atoms with Gasteiger partial charge in [0, 0.05) is 28.9 Å². The fraction of sp³-hybridized carbons (Fsp3) is 0.286. The van der Waals surface area contributed by atoms with Crippen molar-refractivity contribution in [2.24, 2.45) is 0 Å². The number of thiazole rings is 1. The average molecular weight is 295 g/mol. The first-order valence-electron chi connectivity index (χ1n) is 6.17. The van der Waals surface area contributed by atoms with Crippen LogP contribution in [0.15, 0.2) is 29.6 Å². The van der Waals surface area contributed by atoms with Crippen LogP contribution in [0.1, 0.15) is 20.3 Å². The molecule has 0 saturated heterocycles. The van der Waals surface area contributed by atoms with E-state index in [1.165, 1.54) is 11.3 Å². The van der Waals surface area contributed by atoms with Gasteiger partial charge in [0.2, 0.25) is 5.91 Å². The molecule has 0 atom stereocenters. The number of aromatic nitrogens is 1. The molecule has 0 spiro atoms. The van der Waals surface area contributed by atoms with E-state index >= 15 is 0 Å². The van der Waals surface area contributed by atoms with E-state index < -0.39 is 0 Å². The molecular formula is C14H15ClN2OS. The maximum atomic E-state index is 11.8. The monoisotopic (exact) mass is 294 g/mol. The Morgan fingerprint density at radius 3 is 2.58 bits per heavy atom. The number of hydrogen-bond acceptors (Lipinski definition) is 3. The fourth-order valence-electron chi connectivity index (χ4n) is 1.75. The van der Waals surface area contributed by atoms with E-state index in [0.717, 1.165) is 16.4 Å². The van der Waals surface area contributed by atoms with Crippen molar-refractivity contribution in [1.82, 2.24) is 4.98 Å². The maximum absolute atomic E-state index is 11.8. The quantitative estimate of drug-likeness (QED) is 0.845. The van der Waals surface area contributed by atoms with E-state index in [1.54, 1.807) is 4.90 Å². The minimum Gasteiger partial charge on any atom is -0.288 e. The van der Waals surface area contributed by atoms with Gasteiger partial charge in [-0.2, -0.15) is 0 Å². The molecule has 0 radical (unpaired) electrons. The molecule has 0 bridgehead atoms. The van der Waals surface area contributed by atoms with Crippen LogP contribution in [0.5, 0.6) is 0 Å². The first-order chi connectivity index (χ1) is 9.15. The predicted octanol–water partition coefficient (Wildman–Crippen LogP) is 4.23. The Morgan fingerprint density at radius 1 is 1.32 bits per heavy atom. The van der Waals surface area contributed by atoms with E-state index in [0.29, 0.717) is 18.0 Å². The zero-order valence-electron chi connectivity index (χ0n) is 10.9. The van der Waals surface area contributed by atoms with Crippen molar-refractivity contribution in [1.29, 1.82) is 0 Å². The zero-order chi connectivity index (χ0) is 13.8. The Labute approximate surface area is 121 Å². The highest BCUT2D eigenvalue weighted by molar-refractivity contribution is 7.14. The molecule has 19 heavy (non-hydrogen) atoms. The molecule has 1 aromatic heterocycles. The third-order valence-corrected chi connectivity index (χ3v) is 3.90. The summed E-state index contributed by atoms with van der Waals surface area (Å²) in [5.41, 5.74) is 1.88. The number of carbonyl (C=O) groups is 1. The minimum absolute atomic E-state index is 0.0968. The van der Waals surface area contributed by atoms with Gasteiger partial charge in [-0.05, 0) is 19.1 Å². The van der Waals surface area contributed by atoms with Crippen LogP contribution in [0.2, 0.25) is 5.02 Å². The first-order valence-corrected chi connectivity index (χ1v) is 7.43. The van der Waals surface area contributed by atoms with Crippen molar-refractivity contribution in [3.8, 4) is 11.3 Å².